The Bertz CT molecular complexity index is 1020. The van der Waals surface area contributed by atoms with Gasteiger partial charge in [-0.1, -0.05) is 35.5 Å². The van der Waals surface area contributed by atoms with Crippen LogP contribution in [0.2, 0.25) is 0 Å². The van der Waals surface area contributed by atoms with E-state index in [1.807, 2.05) is 37.3 Å². The molecule has 162 valence electrons. The predicted octanol–water partition coefficient (Wildman–Crippen LogP) is 2.70. The van der Waals surface area contributed by atoms with E-state index in [0.717, 1.165) is 31.5 Å². The minimum absolute atomic E-state index is 0.0397. The van der Waals surface area contributed by atoms with Crippen molar-refractivity contribution in [2.45, 2.75) is 37.8 Å². The zero-order chi connectivity index (χ0) is 21.2. The molecule has 1 amide bonds. The molecule has 1 aromatic carbocycles. The van der Waals surface area contributed by atoms with Gasteiger partial charge in [0.1, 0.15) is 11.8 Å². The third-order valence-electron chi connectivity index (χ3n) is 5.88. The van der Waals surface area contributed by atoms with Gasteiger partial charge in [0.25, 0.3) is 5.91 Å². The SMILES string of the molecule is CC(OCC1CNC1)c1nnc([C@H]2C[C@H](NC(=O)c3cc(-c4ccccc4)no3)C2)o1. The van der Waals surface area contributed by atoms with Crippen molar-refractivity contribution in [1.82, 2.24) is 26.0 Å². The van der Waals surface area contributed by atoms with Crippen molar-refractivity contribution in [3.8, 4) is 11.3 Å². The van der Waals surface area contributed by atoms with E-state index in [4.69, 9.17) is 13.7 Å². The number of rotatable bonds is 8. The van der Waals surface area contributed by atoms with Crippen LogP contribution in [0, 0.1) is 5.92 Å². The molecule has 31 heavy (non-hydrogen) atoms. The largest absolute Gasteiger partial charge is 0.422 e. The summed E-state index contributed by atoms with van der Waals surface area (Å²) in [5, 5.41) is 18.5. The van der Waals surface area contributed by atoms with Crippen LogP contribution in [-0.4, -0.2) is 47.0 Å². The number of aromatic nitrogens is 3. The van der Waals surface area contributed by atoms with Gasteiger partial charge < -0.3 is 24.3 Å². The second kappa shape index (κ2) is 8.60. The van der Waals surface area contributed by atoms with E-state index in [1.165, 1.54) is 0 Å². The summed E-state index contributed by atoms with van der Waals surface area (Å²) in [6.07, 6.45) is 1.27. The summed E-state index contributed by atoms with van der Waals surface area (Å²) in [5.74, 6) is 1.75. The monoisotopic (exact) mass is 423 g/mol. The van der Waals surface area contributed by atoms with Gasteiger partial charge >= 0.3 is 0 Å². The molecule has 2 fully saturated rings. The van der Waals surface area contributed by atoms with Crippen molar-refractivity contribution in [1.29, 1.82) is 0 Å². The van der Waals surface area contributed by atoms with Crippen LogP contribution in [0.4, 0.5) is 0 Å². The van der Waals surface area contributed by atoms with Crippen molar-refractivity contribution in [2.24, 2.45) is 5.92 Å². The van der Waals surface area contributed by atoms with Crippen LogP contribution in [-0.2, 0) is 4.74 Å². The molecule has 3 aromatic rings. The molecular formula is C22H25N5O4. The maximum atomic E-state index is 12.5. The first-order valence-electron chi connectivity index (χ1n) is 10.6. The molecule has 2 aromatic heterocycles. The molecule has 1 aliphatic carbocycles. The Kier molecular flexibility index (Phi) is 5.52. The number of carbonyl (C=O) groups is 1. The Morgan fingerprint density at radius 3 is 2.81 bits per heavy atom. The zero-order valence-corrected chi connectivity index (χ0v) is 17.3. The van der Waals surface area contributed by atoms with Gasteiger partial charge in [-0.05, 0) is 19.8 Å². The number of benzene rings is 1. The molecule has 1 saturated heterocycles. The van der Waals surface area contributed by atoms with Crippen LogP contribution in [0.3, 0.4) is 0 Å². The van der Waals surface area contributed by atoms with Crippen molar-refractivity contribution >= 4 is 5.91 Å². The molecular weight excluding hydrogens is 398 g/mol. The highest BCUT2D eigenvalue weighted by molar-refractivity contribution is 5.92. The molecule has 2 aliphatic rings. The normalized spacial score (nSPS) is 21.8. The number of nitrogens with one attached hydrogen (secondary N) is 2. The van der Waals surface area contributed by atoms with E-state index in [-0.39, 0.29) is 29.7 Å². The Balaban J connectivity index is 1.10. The molecule has 5 rings (SSSR count). The Labute approximate surface area is 179 Å². The van der Waals surface area contributed by atoms with Crippen LogP contribution < -0.4 is 10.6 Å². The molecule has 0 spiro atoms. The van der Waals surface area contributed by atoms with Gasteiger partial charge in [0, 0.05) is 42.6 Å². The summed E-state index contributed by atoms with van der Waals surface area (Å²) in [6, 6.07) is 11.3. The maximum Gasteiger partial charge on any atom is 0.290 e. The van der Waals surface area contributed by atoms with Gasteiger partial charge in [0.15, 0.2) is 0 Å². The average molecular weight is 423 g/mol. The van der Waals surface area contributed by atoms with Crippen molar-refractivity contribution in [2.75, 3.05) is 19.7 Å². The summed E-state index contributed by atoms with van der Waals surface area (Å²) >= 11 is 0. The number of hydrogen-bond donors (Lipinski definition) is 2. The van der Waals surface area contributed by atoms with Gasteiger partial charge in [-0.25, -0.2) is 0 Å². The molecule has 2 N–H and O–H groups in total. The molecule has 1 saturated carbocycles. The first-order chi connectivity index (χ1) is 15.2. The summed E-state index contributed by atoms with van der Waals surface area (Å²) in [5.41, 5.74) is 1.55. The first-order valence-corrected chi connectivity index (χ1v) is 10.6. The van der Waals surface area contributed by atoms with E-state index in [2.05, 4.69) is 26.0 Å². The van der Waals surface area contributed by atoms with Crippen molar-refractivity contribution in [3.05, 3.63) is 53.9 Å². The molecule has 1 aliphatic heterocycles. The fourth-order valence-corrected chi connectivity index (χ4v) is 3.71. The van der Waals surface area contributed by atoms with Crippen molar-refractivity contribution in [3.63, 3.8) is 0 Å². The first kappa shape index (κ1) is 19.9. The Hall–Kier alpha value is -3.04. The highest BCUT2D eigenvalue weighted by atomic mass is 16.5. The van der Waals surface area contributed by atoms with Gasteiger partial charge in [-0.3, -0.25) is 4.79 Å². The fraction of sp³-hybridized carbons (Fsp3) is 0.455. The second-order valence-electron chi connectivity index (χ2n) is 8.26. The van der Waals surface area contributed by atoms with Crippen LogP contribution >= 0.6 is 0 Å². The van der Waals surface area contributed by atoms with Gasteiger partial charge in [-0.2, -0.15) is 0 Å². The molecule has 9 heteroatoms. The third kappa shape index (κ3) is 4.38. The van der Waals surface area contributed by atoms with E-state index in [1.54, 1.807) is 6.07 Å². The predicted molar refractivity (Wildman–Crippen MR) is 110 cm³/mol. The summed E-state index contributed by atoms with van der Waals surface area (Å²) in [4.78, 5) is 12.5. The van der Waals surface area contributed by atoms with Gasteiger partial charge in [0.05, 0.1) is 6.61 Å². The smallest absolute Gasteiger partial charge is 0.290 e. The van der Waals surface area contributed by atoms with Gasteiger partial charge in [-0.15, -0.1) is 10.2 Å². The second-order valence-corrected chi connectivity index (χ2v) is 8.26. The van der Waals surface area contributed by atoms with E-state index in [0.29, 0.717) is 30.0 Å². The topological polar surface area (TPSA) is 115 Å². The highest BCUT2D eigenvalue weighted by Crippen LogP contribution is 2.37. The lowest BCUT2D eigenvalue weighted by atomic mass is 9.80. The highest BCUT2D eigenvalue weighted by Gasteiger charge is 2.36. The van der Waals surface area contributed by atoms with E-state index < -0.39 is 0 Å². The molecule has 1 atom stereocenters. The van der Waals surface area contributed by atoms with E-state index >= 15 is 0 Å². The molecule has 0 bridgehead atoms. The lowest BCUT2D eigenvalue weighted by Gasteiger charge is -2.33. The number of hydrogen-bond acceptors (Lipinski definition) is 8. The average Bonchev–Trinajstić information content (AvgIpc) is 3.40. The molecule has 0 radical (unpaired) electrons. The summed E-state index contributed by atoms with van der Waals surface area (Å²) in [6.45, 7) is 4.61. The Morgan fingerprint density at radius 2 is 2.06 bits per heavy atom. The lowest BCUT2D eigenvalue weighted by molar-refractivity contribution is 0.0113. The van der Waals surface area contributed by atoms with E-state index in [9.17, 15) is 4.79 Å². The maximum absolute atomic E-state index is 12.5. The Morgan fingerprint density at radius 1 is 1.26 bits per heavy atom. The number of nitrogens with zero attached hydrogens (tertiary/aromatic N) is 3. The zero-order valence-electron chi connectivity index (χ0n) is 17.3. The van der Waals surface area contributed by atoms with Crippen LogP contribution in [0.5, 0.6) is 0 Å². The standard InChI is InChI=1S/C22H25N5O4/c1-13(29-12-14-10-23-11-14)21-25-26-22(30-21)16-7-17(8-16)24-20(28)19-9-18(27-31-19)15-5-3-2-4-6-15/h2-6,9,13-14,16-17,23H,7-8,10-12H2,1H3,(H,24,28)/t13?,16-,17-. The van der Waals surface area contributed by atoms with Crippen molar-refractivity contribution < 1.29 is 18.5 Å². The molecule has 3 heterocycles. The minimum Gasteiger partial charge on any atom is -0.422 e. The third-order valence-corrected chi connectivity index (χ3v) is 5.88. The number of carbonyl (C=O) groups excluding carboxylic acids is 1. The molecule has 9 nitrogen and oxygen atoms in total. The van der Waals surface area contributed by atoms with Crippen LogP contribution in [0.1, 0.15) is 54.1 Å². The molecule has 1 unspecified atom stereocenters. The van der Waals surface area contributed by atoms with Crippen LogP contribution in [0.15, 0.2) is 45.3 Å². The van der Waals surface area contributed by atoms with Gasteiger partial charge in [0.2, 0.25) is 17.5 Å². The minimum atomic E-state index is -0.267. The summed E-state index contributed by atoms with van der Waals surface area (Å²) < 4.78 is 16.9. The summed E-state index contributed by atoms with van der Waals surface area (Å²) in [7, 11) is 0. The quantitative estimate of drug-likeness (QED) is 0.568. The fourth-order valence-electron chi connectivity index (χ4n) is 3.71. The number of ether oxygens (including phenoxy) is 1. The number of amides is 1. The van der Waals surface area contributed by atoms with Crippen LogP contribution in [0.25, 0.3) is 11.3 Å². The lowest BCUT2D eigenvalue weighted by Crippen LogP contribution is -2.44.